The molecule has 11 heavy (non-hydrogen) atoms. The van der Waals surface area contributed by atoms with Crippen molar-refractivity contribution in [2.75, 3.05) is 6.54 Å². The minimum atomic E-state index is -1.96. The largest absolute Gasteiger partial charge is 0.370 e. The van der Waals surface area contributed by atoms with Gasteiger partial charge < -0.3 is 5.11 Å². The molecule has 1 atom stereocenters. The molecule has 0 aromatic rings. The van der Waals surface area contributed by atoms with Crippen LogP contribution in [-0.2, 0) is 0 Å². The molecular weight excluding hydrogens is 150 g/mol. The highest BCUT2D eigenvalue weighted by molar-refractivity contribution is 4.69. The summed E-state index contributed by atoms with van der Waals surface area (Å²) in [5.74, 6) is -1.96. The van der Waals surface area contributed by atoms with Crippen molar-refractivity contribution >= 4 is 0 Å². The fourth-order valence-corrected chi connectivity index (χ4v) is 0.387. The second kappa shape index (κ2) is 4.37. The topological polar surface area (TPSA) is 144 Å². The average Bonchev–Trinajstić information content (AvgIpc) is 1.87. The highest BCUT2D eigenvalue weighted by Gasteiger charge is 2.16. The van der Waals surface area contributed by atoms with Crippen LogP contribution in [-0.4, -0.2) is 17.5 Å². The lowest BCUT2D eigenvalue weighted by Gasteiger charge is -2.13. The van der Waals surface area contributed by atoms with E-state index in [1.165, 1.54) is 0 Å². The molecule has 0 rings (SSSR count). The molecule has 0 aromatic carbocycles. The van der Waals surface area contributed by atoms with E-state index in [2.05, 4.69) is 20.1 Å². The Morgan fingerprint density at radius 3 is 2.55 bits per heavy atom. The van der Waals surface area contributed by atoms with Crippen molar-refractivity contribution in [3.63, 3.8) is 0 Å². The lowest BCUT2D eigenvalue weighted by atomic mass is 10.3. The summed E-state index contributed by atoms with van der Waals surface area (Å²) in [6.45, 7) is -0.0114. The zero-order valence-electron chi connectivity index (χ0n) is 5.62. The molecule has 0 aromatic heterocycles. The molecule has 0 fully saturated rings. The zero-order valence-corrected chi connectivity index (χ0v) is 5.62. The van der Waals surface area contributed by atoms with E-state index in [1.807, 2.05) is 0 Å². The van der Waals surface area contributed by atoms with Crippen LogP contribution in [0.3, 0.4) is 0 Å². The lowest BCUT2D eigenvalue weighted by molar-refractivity contribution is 0.0479. The van der Waals surface area contributed by atoms with Crippen LogP contribution < -0.4 is 5.73 Å². The average molecular weight is 157 g/mol. The van der Waals surface area contributed by atoms with Crippen LogP contribution in [0.25, 0.3) is 20.9 Å². The normalized spacial score (nSPS) is 14.0. The van der Waals surface area contributed by atoms with Gasteiger partial charge in [0.05, 0.1) is 0 Å². The minimum absolute atomic E-state index is 0.0114. The Labute approximate surface area is 61.9 Å². The lowest BCUT2D eigenvalue weighted by Crippen LogP contribution is -2.37. The van der Waals surface area contributed by atoms with Gasteiger partial charge in [0.2, 0.25) is 0 Å². The molecule has 0 spiro atoms. The fourth-order valence-electron chi connectivity index (χ4n) is 0.387. The van der Waals surface area contributed by atoms with Crippen LogP contribution in [0.2, 0.25) is 0 Å². The summed E-state index contributed by atoms with van der Waals surface area (Å²) in [5, 5.41) is 14.9. The molecule has 60 valence electrons. The zero-order chi connectivity index (χ0) is 8.74. The van der Waals surface area contributed by atoms with Gasteiger partial charge in [-0.3, -0.25) is 5.73 Å². The summed E-state index contributed by atoms with van der Waals surface area (Å²) in [7, 11) is 0. The molecule has 0 saturated heterocycles. The first-order valence-corrected chi connectivity index (χ1v) is 2.71. The predicted octanol–water partition coefficient (Wildman–Crippen LogP) is 0.602. The van der Waals surface area contributed by atoms with E-state index in [4.69, 9.17) is 21.9 Å². The van der Waals surface area contributed by atoms with Crippen molar-refractivity contribution in [3.05, 3.63) is 20.9 Å². The number of hydrogen-bond donors (Lipinski definition) is 2. The van der Waals surface area contributed by atoms with Crippen LogP contribution in [0.5, 0.6) is 0 Å². The van der Waals surface area contributed by atoms with Gasteiger partial charge in [-0.2, -0.15) is 0 Å². The molecule has 3 N–H and O–H groups in total. The molecule has 0 amide bonds. The van der Waals surface area contributed by atoms with Gasteiger partial charge in [-0.1, -0.05) is 5.11 Å². The van der Waals surface area contributed by atoms with Gasteiger partial charge in [-0.25, -0.2) is 0 Å². The summed E-state index contributed by atoms with van der Waals surface area (Å²) in [5.41, 5.74) is 20.7. The maximum atomic E-state index is 8.92. The number of azide groups is 2. The van der Waals surface area contributed by atoms with E-state index in [9.17, 15) is 0 Å². The van der Waals surface area contributed by atoms with E-state index in [-0.39, 0.29) is 13.0 Å². The molecule has 8 heteroatoms. The molecular formula is C3H7N7O. The third-order valence-corrected chi connectivity index (χ3v) is 0.861. The molecule has 8 nitrogen and oxygen atoms in total. The van der Waals surface area contributed by atoms with Crippen LogP contribution in [0.4, 0.5) is 0 Å². The van der Waals surface area contributed by atoms with E-state index in [0.29, 0.717) is 0 Å². The third kappa shape index (κ3) is 5.01. The summed E-state index contributed by atoms with van der Waals surface area (Å²) in [4.78, 5) is 4.72. The minimum Gasteiger partial charge on any atom is -0.370 e. The van der Waals surface area contributed by atoms with Crippen molar-refractivity contribution < 1.29 is 5.11 Å². The number of aliphatic hydroxyl groups is 1. The fraction of sp³-hybridized carbons (Fsp3) is 1.00. The monoisotopic (exact) mass is 157 g/mol. The maximum absolute atomic E-state index is 8.92. The van der Waals surface area contributed by atoms with Crippen molar-refractivity contribution in [3.8, 4) is 0 Å². The van der Waals surface area contributed by atoms with Gasteiger partial charge in [0.25, 0.3) is 0 Å². The van der Waals surface area contributed by atoms with E-state index in [0.717, 1.165) is 0 Å². The van der Waals surface area contributed by atoms with E-state index in [1.54, 1.807) is 0 Å². The van der Waals surface area contributed by atoms with E-state index < -0.39 is 5.85 Å². The molecule has 0 aliphatic carbocycles. The molecule has 0 aliphatic heterocycles. The second-order valence-electron chi connectivity index (χ2n) is 1.77. The smallest absolute Gasteiger partial charge is 0.193 e. The number of rotatable bonds is 4. The van der Waals surface area contributed by atoms with Gasteiger partial charge in [-0.15, -0.1) is 0 Å². The van der Waals surface area contributed by atoms with Gasteiger partial charge in [0.15, 0.2) is 5.85 Å². The first-order valence-electron chi connectivity index (χ1n) is 2.71. The number of nitrogens with two attached hydrogens (primary N) is 1. The van der Waals surface area contributed by atoms with Crippen LogP contribution >= 0.6 is 0 Å². The Morgan fingerprint density at radius 1 is 1.45 bits per heavy atom. The van der Waals surface area contributed by atoms with Gasteiger partial charge in [-0.05, 0) is 16.2 Å². The predicted molar refractivity (Wildman–Crippen MR) is 36.9 cm³/mol. The van der Waals surface area contributed by atoms with Crippen molar-refractivity contribution in [2.24, 2.45) is 16.0 Å². The van der Waals surface area contributed by atoms with Crippen LogP contribution in [0, 0.1) is 0 Å². The quantitative estimate of drug-likeness (QED) is 0.266. The number of hydrogen-bond acceptors (Lipinski definition) is 4. The SMILES string of the molecule is [N-]=[N+]=NCCC(N)(O)N=[N+]=[N-]. The Kier molecular flexibility index (Phi) is 3.79. The van der Waals surface area contributed by atoms with Crippen molar-refractivity contribution in [2.45, 2.75) is 12.3 Å². The Morgan fingerprint density at radius 2 is 2.09 bits per heavy atom. The summed E-state index contributed by atoms with van der Waals surface area (Å²) in [6.07, 6.45) is -0.0961. The Balaban J connectivity index is 3.90. The second-order valence-corrected chi connectivity index (χ2v) is 1.77. The molecule has 0 aliphatic rings. The Bertz CT molecular complexity index is 210. The molecule has 0 bridgehead atoms. The van der Waals surface area contributed by atoms with Crippen LogP contribution in [0.15, 0.2) is 10.2 Å². The highest BCUT2D eigenvalue weighted by Crippen LogP contribution is 2.03. The third-order valence-electron chi connectivity index (χ3n) is 0.861. The molecule has 0 heterocycles. The molecule has 0 radical (unpaired) electrons. The standard InChI is InChI=1S/C3H7N7O/c4-3(11,8-10-6)1-2-7-9-5/h11H,1-2,4H2. The van der Waals surface area contributed by atoms with Gasteiger partial charge in [0.1, 0.15) is 0 Å². The molecule has 1 unspecified atom stereocenters. The van der Waals surface area contributed by atoms with E-state index >= 15 is 0 Å². The molecule has 0 saturated carbocycles. The van der Waals surface area contributed by atoms with Gasteiger partial charge in [0, 0.05) is 22.8 Å². The summed E-state index contributed by atoms with van der Waals surface area (Å²) in [6, 6.07) is 0. The van der Waals surface area contributed by atoms with Crippen molar-refractivity contribution in [1.29, 1.82) is 0 Å². The first-order chi connectivity index (χ1) is 5.12. The van der Waals surface area contributed by atoms with Gasteiger partial charge >= 0.3 is 0 Å². The number of nitrogens with zero attached hydrogens (tertiary/aromatic N) is 6. The summed E-state index contributed by atoms with van der Waals surface area (Å²) >= 11 is 0. The maximum Gasteiger partial charge on any atom is 0.193 e. The van der Waals surface area contributed by atoms with Crippen molar-refractivity contribution in [1.82, 2.24) is 0 Å². The van der Waals surface area contributed by atoms with Crippen LogP contribution in [0.1, 0.15) is 6.42 Å². The first kappa shape index (κ1) is 9.54. The Hall–Kier alpha value is -1.46. The summed E-state index contributed by atoms with van der Waals surface area (Å²) < 4.78 is 0. The highest BCUT2D eigenvalue weighted by atomic mass is 16.3.